The van der Waals surface area contributed by atoms with Gasteiger partial charge in [0, 0.05) is 33.0 Å². The highest BCUT2D eigenvalue weighted by molar-refractivity contribution is 5.88. The van der Waals surface area contributed by atoms with Crippen molar-refractivity contribution in [2.24, 2.45) is 0 Å². The van der Waals surface area contributed by atoms with E-state index < -0.39 is 5.97 Å². The van der Waals surface area contributed by atoms with Gasteiger partial charge in [0.2, 0.25) is 0 Å². The average molecular weight is 296 g/mol. The predicted octanol–water partition coefficient (Wildman–Crippen LogP) is 1.83. The molecule has 1 aromatic rings. The second kappa shape index (κ2) is 9.31. The molecule has 6 heteroatoms. The highest BCUT2D eigenvalue weighted by Crippen LogP contribution is 2.16. The molecule has 0 saturated heterocycles. The Morgan fingerprint density at radius 1 is 1.24 bits per heavy atom. The number of aromatic nitrogens is 1. The molecule has 0 aliphatic carbocycles. The first-order valence-corrected chi connectivity index (χ1v) is 7.09. The van der Waals surface area contributed by atoms with Crippen LogP contribution in [0.5, 0.6) is 0 Å². The summed E-state index contributed by atoms with van der Waals surface area (Å²) in [5.74, 6) is -0.276. The molecule has 0 spiro atoms. The fraction of sp³-hybridized carbons (Fsp3) is 0.600. The smallest absolute Gasteiger partial charge is 0.335 e. The minimum atomic E-state index is -0.936. The van der Waals surface area contributed by atoms with Crippen molar-refractivity contribution in [3.05, 3.63) is 23.4 Å². The average Bonchev–Trinajstić information content (AvgIpc) is 2.47. The number of carboxylic acids is 1. The van der Waals surface area contributed by atoms with Gasteiger partial charge < -0.3 is 19.5 Å². The lowest BCUT2D eigenvalue weighted by atomic mass is 10.1. The quantitative estimate of drug-likeness (QED) is 0.710. The Bertz CT molecular complexity index is 443. The first-order valence-electron chi connectivity index (χ1n) is 7.09. The van der Waals surface area contributed by atoms with Gasteiger partial charge >= 0.3 is 5.97 Å². The number of aryl methyl sites for hydroxylation is 1. The molecule has 1 heterocycles. The third kappa shape index (κ3) is 5.69. The van der Waals surface area contributed by atoms with Gasteiger partial charge in [-0.25, -0.2) is 9.78 Å². The number of nitrogens with zero attached hydrogens (tertiary/aromatic N) is 2. The van der Waals surface area contributed by atoms with E-state index in [0.29, 0.717) is 32.1 Å². The Kier molecular flexibility index (Phi) is 7.71. The van der Waals surface area contributed by atoms with Crippen LogP contribution in [0.2, 0.25) is 0 Å². The number of carbonyl (C=O) groups is 1. The number of hydrogen-bond acceptors (Lipinski definition) is 5. The second-order valence-electron chi connectivity index (χ2n) is 4.73. The first-order chi connectivity index (χ1) is 10.1. The van der Waals surface area contributed by atoms with Crippen molar-refractivity contribution in [2.45, 2.75) is 19.8 Å². The molecule has 0 aromatic carbocycles. The van der Waals surface area contributed by atoms with Crippen molar-refractivity contribution >= 4 is 11.8 Å². The Labute approximate surface area is 125 Å². The SMILES string of the molecule is CCCc1cc(C(=O)O)cc(N(CCOC)CCOC)n1. The fourth-order valence-corrected chi connectivity index (χ4v) is 1.99. The molecular weight excluding hydrogens is 272 g/mol. The zero-order chi connectivity index (χ0) is 15.7. The van der Waals surface area contributed by atoms with Crippen molar-refractivity contribution in [3.8, 4) is 0 Å². The van der Waals surface area contributed by atoms with Gasteiger partial charge in [0.05, 0.1) is 18.8 Å². The molecule has 0 aliphatic rings. The van der Waals surface area contributed by atoms with Gasteiger partial charge in [0.25, 0.3) is 0 Å². The molecule has 0 aliphatic heterocycles. The zero-order valence-electron chi connectivity index (χ0n) is 13.0. The van der Waals surface area contributed by atoms with E-state index in [-0.39, 0.29) is 5.56 Å². The van der Waals surface area contributed by atoms with Crippen LogP contribution in [0.25, 0.3) is 0 Å². The standard InChI is InChI=1S/C15H24N2O4/c1-4-5-13-10-12(15(18)19)11-14(16-13)17(6-8-20-2)7-9-21-3/h10-11H,4-9H2,1-3H3,(H,18,19). The number of methoxy groups -OCH3 is 2. The third-order valence-corrected chi connectivity index (χ3v) is 3.07. The summed E-state index contributed by atoms with van der Waals surface area (Å²) in [5, 5.41) is 9.24. The van der Waals surface area contributed by atoms with Crippen LogP contribution in [0.3, 0.4) is 0 Å². The second-order valence-corrected chi connectivity index (χ2v) is 4.73. The van der Waals surface area contributed by atoms with Crippen LogP contribution < -0.4 is 4.90 Å². The highest BCUT2D eigenvalue weighted by atomic mass is 16.5. The normalized spacial score (nSPS) is 10.6. The molecule has 0 fully saturated rings. The number of aromatic carboxylic acids is 1. The maximum atomic E-state index is 11.3. The van der Waals surface area contributed by atoms with E-state index in [4.69, 9.17) is 9.47 Å². The van der Waals surface area contributed by atoms with E-state index in [1.54, 1.807) is 26.4 Å². The first kappa shape index (κ1) is 17.4. The maximum Gasteiger partial charge on any atom is 0.335 e. The van der Waals surface area contributed by atoms with E-state index in [2.05, 4.69) is 4.98 Å². The van der Waals surface area contributed by atoms with Crippen molar-refractivity contribution in [2.75, 3.05) is 45.4 Å². The molecule has 6 nitrogen and oxygen atoms in total. The number of rotatable bonds is 10. The maximum absolute atomic E-state index is 11.3. The van der Waals surface area contributed by atoms with Crippen LogP contribution in [-0.4, -0.2) is 56.6 Å². The number of carboxylic acid groups (broad SMARTS) is 1. The van der Waals surface area contributed by atoms with Crippen molar-refractivity contribution < 1.29 is 19.4 Å². The van der Waals surface area contributed by atoms with Crippen LogP contribution in [0, 0.1) is 0 Å². The van der Waals surface area contributed by atoms with E-state index in [9.17, 15) is 9.90 Å². The van der Waals surface area contributed by atoms with Gasteiger partial charge in [-0.2, -0.15) is 0 Å². The van der Waals surface area contributed by atoms with Gasteiger partial charge in [-0.3, -0.25) is 0 Å². The molecule has 0 bridgehead atoms. The topological polar surface area (TPSA) is 71.9 Å². The van der Waals surface area contributed by atoms with E-state index in [0.717, 1.165) is 18.5 Å². The van der Waals surface area contributed by atoms with E-state index in [1.807, 2.05) is 11.8 Å². The van der Waals surface area contributed by atoms with E-state index in [1.165, 1.54) is 0 Å². The summed E-state index contributed by atoms with van der Waals surface area (Å²) in [5.41, 5.74) is 1.07. The fourth-order valence-electron chi connectivity index (χ4n) is 1.99. The molecule has 0 saturated carbocycles. The number of anilines is 1. The van der Waals surface area contributed by atoms with Gasteiger partial charge in [0.15, 0.2) is 0 Å². The van der Waals surface area contributed by atoms with Gasteiger partial charge in [-0.15, -0.1) is 0 Å². The molecule has 1 aromatic heterocycles. The minimum Gasteiger partial charge on any atom is -0.478 e. The summed E-state index contributed by atoms with van der Waals surface area (Å²) in [6, 6.07) is 3.24. The predicted molar refractivity (Wildman–Crippen MR) is 81.2 cm³/mol. The lowest BCUT2D eigenvalue weighted by Crippen LogP contribution is -2.31. The molecule has 118 valence electrons. The Morgan fingerprint density at radius 2 is 1.86 bits per heavy atom. The molecule has 0 atom stereocenters. The van der Waals surface area contributed by atoms with Crippen LogP contribution in [-0.2, 0) is 15.9 Å². The molecule has 0 unspecified atom stereocenters. The lowest BCUT2D eigenvalue weighted by molar-refractivity contribution is 0.0696. The summed E-state index contributed by atoms with van der Waals surface area (Å²) in [6.45, 7) is 4.42. The Morgan fingerprint density at radius 3 is 2.33 bits per heavy atom. The van der Waals surface area contributed by atoms with Crippen LogP contribution in [0.15, 0.2) is 12.1 Å². The van der Waals surface area contributed by atoms with Crippen molar-refractivity contribution in [1.29, 1.82) is 0 Å². The number of ether oxygens (including phenoxy) is 2. The van der Waals surface area contributed by atoms with Crippen LogP contribution >= 0.6 is 0 Å². The summed E-state index contributed by atoms with van der Waals surface area (Å²) >= 11 is 0. The Hall–Kier alpha value is -1.66. The Balaban J connectivity index is 3.05. The summed E-state index contributed by atoms with van der Waals surface area (Å²) in [6.07, 6.45) is 1.68. The van der Waals surface area contributed by atoms with Crippen LogP contribution in [0.1, 0.15) is 29.4 Å². The summed E-state index contributed by atoms with van der Waals surface area (Å²) < 4.78 is 10.2. The van der Waals surface area contributed by atoms with E-state index >= 15 is 0 Å². The van der Waals surface area contributed by atoms with Crippen molar-refractivity contribution in [3.63, 3.8) is 0 Å². The third-order valence-electron chi connectivity index (χ3n) is 3.07. The highest BCUT2D eigenvalue weighted by Gasteiger charge is 2.13. The number of pyridine rings is 1. The zero-order valence-corrected chi connectivity index (χ0v) is 13.0. The molecule has 0 radical (unpaired) electrons. The monoisotopic (exact) mass is 296 g/mol. The molecule has 1 N–H and O–H groups in total. The van der Waals surface area contributed by atoms with Gasteiger partial charge in [-0.1, -0.05) is 13.3 Å². The van der Waals surface area contributed by atoms with Crippen molar-refractivity contribution in [1.82, 2.24) is 4.98 Å². The van der Waals surface area contributed by atoms with Gasteiger partial charge in [0.1, 0.15) is 5.82 Å². The minimum absolute atomic E-state index is 0.267. The molecule has 1 rings (SSSR count). The summed E-state index contributed by atoms with van der Waals surface area (Å²) in [7, 11) is 3.27. The largest absolute Gasteiger partial charge is 0.478 e. The molecule has 0 amide bonds. The molecule has 21 heavy (non-hydrogen) atoms. The number of hydrogen-bond donors (Lipinski definition) is 1. The summed E-state index contributed by atoms with van der Waals surface area (Å²) in [4.78, 5) is 17.8. The lowest BCUT2D eigenvalue weighted by Gasteiger charge is -2.24. The van der Waals surface area contributed by atoms with Crippen LogP contribution in [0.4, 0.5) is 5.82 Å². The molecular formula is C15H24N2O4. The van der Waals surface area contributed by atoms with Gasteiger partial charge in [-0.05, 0) is 18.6 Å².